The van der Waals surface area contributed by atoms with E-state index in [4.69, 9.17) is 10.5 Å². The Labute approximate surface area is 315 Å². The smallest absolute Gasteiger partial charge is 0.326 e. The fourth-order valence-electron chi connectivity index (χ4n) is 6.70. The summed E-state index contributed by atoms with van der Waals surface area (Å²) in [6, 6.07) is 32.5. The van der Waals surface area contributed by atoms with Crippen molar-refractivity contribution in [2.24, 2.45) is 5.73 Å². The Morgan fingerprint density at radius 3 is 1.76 bits per heavy atom. The highest BCUT2D eigenvalue weighted by Gasteiger charge is 2.38. The summed E-state index contributed by atoms with van der Waals surface area (Å²) >= 11 is 0. The molecule has 54 heavy (non-hydrogen) atoms. The Morgan fingerprint density at radius 2 is 1.24 bits per heavy atom. The van der Waals surface area contributed by atoms with Crippen LogP contribution in [0.3, 0.4) is 0 Å². The largest absolute Gasteiger partial charge is 0.480 e. The maximum Gasteiger partial charge on any atom is 0.326 e. The molecule has 0 saturated heterocycles. The van der Waals surface area contributed by atoms with Crippen molar-refractivity contribution in [3.8, 4) is 0 Å². The summed E-state index contributed by atoms with van der Waals surface area (Å²) in [6.45, 7) is 7.22. The second-order valence-corrected chi connectivity index (χ2v) is 14.4. The highest BCUT2D eigenvalue weighted by atomic mass is 16.5. The fourth-order valence-corrected chi connectivity index (χ4v) is 6.70. The molecule has 0 saturated carbocycles. The fraction of sp³-hybridized carbons (Fsp3) is 0.302. The van der Waals surface area contributed by atoms with Gasteiger partial charge in [0.25, 0.3) is 0 Å². The van der Waals surface area contributed by atoms with Crippen LogP contribution >= 0.6 is 0 Å². The van der Waals surface area contributed by atoms with Gasteiger partial charge in [0.05, 0.1) is 11.7 Å². The van der Waals surface area contributed by atoms with E-state index >= 15 is 0 Å². The van der Waals surface area contributed by atoms with Crippen molar-refractivity contribution in [1.82, 2.24) is 20.9 Å². The van der Waals surface area contributed by atoms with Crippen molar-refractivity contribution in [2.75, 3.05) is 0 Å². The number of aromatic amines is 1. The Kier molecular flexibility index (Phi) is 12.7. The van der Waals surface area contributed by atoms with E-state index in [0.717, 1.165) is 33.2 Å². The number of ether oxygens (including phenoxy) is 1. The van der Waals surface area contributed by atoms with Gasteiger partial charge >= 0.3 is 5.97 Å². The lowest BCUT2D eigenvalue weighted by Gasteiger charge is -2.37. The van der Waals surface area contributed by atoms with Gasteiger partial charge in [-0.3, -0.25) is 14.4 Å². The summed E-state index contributed by atoms with van der Waals surface area (Å²) in [4.78, 5) is 57.1. The number of carbonyl (C=O) groups is 4. The maximum atomic E-state index is 13.9. The number of amides is 3. The van der Waals surface area contributed by atoms with Crippen molar-refractivity contribution in [1.29, 1.82) is 0 Å². The number of carbonyl (C=O) groups excluding carboxylic acids is 3. The Bertz CT molecular complexity index is 1930. The van der Waals surface area contributed by atoms with Gasteiger partial charge in [0.15, 0.2) is 0 Å². The van der Waals surface area contributed by atoms with Crippen LogP contribution in [0.1, 0.15) is 62.8 Å². The predicted octanol–water partition coefficient (Wildman–Crippen LogP) is 5.18. The first-order valence-corrected chi connectivity index (χ1v) is 18.1. The van der Waals surface area contributed by atoms with E-state index in [0.29, 0.717) is 0 Å². The number of hydrogen-bond acceptors (Lipinski definition) is 6. The van der Waals surface area contributed by atoms with Gasteiger partial charge in [0.1, 0.15) is 23.7 Å². The number of H-pyrrole nitrogens is 1. The van der Waals surface area contributed by atoms with Gasteiger partial charge in [0.2, 0.25) is 17.7 Å². The second kappa shape index (κ2) is 17.4. The van der Waals surface area contributed by atoms with Crippen LogP contribution in [-0.2, 0) is 35.9 Å². The van der Waals surface area contributed by atoms with Gasteiger partial charge in [0, 0.05) is 29.9 Å². The molecule has 0 radical (unpaired) electrons. The summed E-state index contributed by atoms with van der Waals surface area (Å²) in [6.07, 6.45) is 0.674. The molecule has 4 atom stereocenters. The summed E-state index contributed by atoms with van der Waals surface area (Å²) in [5.74, 6) is -3.10. The molecule has 1 heterocycles. The third-order valence-electron chi connectivity index (χ3n) is 9.30. The predicted molar refractivity (Wildman–Crippen MR) is 208 cm³/mol. The Balaban J connectivity index is 1.37. The zero-order valence-corrected chi connectivity index (χ0v) is 31.0. The van der Waals surface area contributed by atoms with Gasteiger partial charge in [-0.25, -0.2) is 4.79 Å². The van der Waals surface area contributed by atoms with Crippen LogP contribution < -0.4 is 21.7 Å². The number of aliphatic carboxylic acids is 1. The van der Waals surface area contributed by atoms with Crippen LogP contribution in [0.15, 0.2) is 121 Å². The molecule has 1 aromatic heterocycles. The first-order chi connectivity index (χ1) is 25.8. The first-order valence-electron chi connectivity index (χ1n) is 18.1. The van der Waals surface area contributed by atoms with Gasteiger partial charge in [-0.05, 0) is 62.4 Å². The lowest BCUT2D eigenvalue weighted by molar-refractivity contribution is -0.142. The minimum absolute atomic E-state index is 0.0450. The second-order valence-electron chi connectivity index (χ2n) is 14.4. The van der Waals surface area contributed by atoms with Crippen molar-refractivity contribution >= 4 is 34.6 Å². The number of nitrogens with one attached hydrogen (secondary N) is 4. The van der Waals surface area contributed by atoms with E-state index in [2.05, 4.69) is 20.9 Å². The Hall–Kier alpha value is -5.78. The summed E-state index contributed by atoms with van der Waals surface area (Å²) in [7, 11) is 0. The zero-order chi connectivity index (χ0) is 38.9. The first kappa shape index (κ1) is 39.4. The van der Waals surface area contributed by atoms with E-state index in [-0.39, 0.29) is 19.3 Å². The van der Waals surface area contributed by atoms with Crippen LogP contribution in [0.25, 0.3) is 10.9 Å². The van der Waals surface area contributed by atoms with Crippen molar-refractivity contribution in [3.63, 3.8) is 0 Å². The van der Waals surface area contributed by atoms with Gasteiger partial charge in [-0.1, -0.05) is 109 Å². The maximum absolute atomic E-state index is 13.9. The highest BCUT2D eigenvalue weighted by molar-refractivity contribution is 5.93. The van der Waals surface area contributed by atoms with E-state index in [1.54, 1.807) is 13.1 Å². The molecule has 4 aromatic carbocycles. The number of rotatable bonds is 16. The molecule has 0 aliphatic heterocycles. The van der Waals surface area contributed by atoms with Crippen LogP contribution in [0, 0.1) is 0 Å². The summed E-state index contributed by atoms with van der Waals surface area (Å²) in [5.41, 5.74) is 8.64. The third kappa shape index (κ3) is 9.60. The molecule has 0 aliphatic rings. The third-order valence-corrected chi connectivity index (χ3v) is 9.30. The average molecular weight is 732 g/mol. The van der Waals surface area contributed by atoms with Crippen molar-refractivity contribution in [2.45, 2.75) is 82.3 Å². The molecule has 0 fully saturated rings. The zero-order valence-electron chi connectivity index (χ0n) is 31.0. The van der Waals surface area contributed by atoms with E-state index in [1.807, 2.05) is 136 Å². The monoisotopic (exact) mass is 731 g/mol. The topological polar surface area (TPSA) is 176 Å². The molecule has 11 nitrogen and oxygen atoms in total. The summed E-state index contributed by atoms with van der Waals surface area (Å²) in [5, 5.41) is 19.7. The molecule has 3 amide bonds. The number of carboxylic acids is 1. The molecular formula is C43H49N5O6. The number of fused-ring (bicyclic) bond motifs is 1. The quantitative estimate of drug-likeness (QED) is 0.0758. The number of aromatic nitrogens is 1. The number of benzene rings is 4. The average Bonchev–Trinajstić information content (AvgIpc) is 3.57. The summed E-state index contributed by atoms with van der Waals surface area (Å²) < 4.78 is 5.89. The number of para-hydroxylation sites is 1. The lowest BCUT2D eigenvalue weighted by Crippen LogP contribution is -2.57. The van der Waals surface area contributed by atoms with Crippen molar-refractivity contribution in [3.05, 3.63) is 144 Å². The molecule has 282 valence electrons. The molecule has 0 spiro atoms. The van der Waals surface area contributed by atoms with E-state index in [1.165, 1.54) is 0 Å². The standard InChI is InChI=1S/C43H49N5O6/c1-28(54-42(2,3)4)38(44)40(51)47-36(26-29-27-45-34-23-15-14-22-33(29)34)39(50)46-35(41(52)53)24-25-37(49)48-43(30-16-8-5-9-17-30,31-18-10-6-11-19-31)32-20-12-7-13-21-32/h5-23,27-28,35-36,38,45H,24-26,44H2,1-4H3,(H,46,50)(H,47,51)(H,48,49)(H,52,53)/t28-,35+,36+,38+/m1/s1. The molecule has 0 unspecified atom stereocenters. The van der Waals surface area contributed by atoms with E-state index in [9.17, 15) is 24.3 Å². The minimum atomic E-state index is -1.44. The van der Waals surface area contributed by atoms with Crippen molar-refractivity contribution < 1.29 is 29.0 Å². The molecule has 7 N–H and O–H groups in total. The van der Waals surface area contributed by atoms with Crippen LogP contribution in [0.2, 0.25) is 0 Å². The highest BCUT2D eigenvalue weighted by Crippen LogP contribution is 2.37. The normalized spacial score (nSPS) is 14.0. The lowest BCUT2D eigenvalue weighted by atomic mass is 9.77. The molecule has 5 aromatic rings. The molecule has 11 heteroatoms. The molecular weight excluding hydrogens is 683 g/mol. The van der Waals surface area contributed by atoms with Gasteiger partial charge in [-0.2, -0.15) is 0 Å². The van der Waals surface area contributed by atoms with Crippen LogP contribution in [0.5, 0.6) is 0 Å². The minimum Gasteiger partial charge on any atom is -0.480 e. The van der Waals surface area contributed by atoms with E-state index < -0.39 is 59.1 Å². The molecule has 0 bridgehead atoms. The van der Waals surface area contributed by atoms with Gasteiger partial charge in [-0.15, -0.1) is 0 Å². The molecule has 0 aliphatic carbocycles. The Morgan fingerprint density at radius 1 is 0.741 bits per heavy atom. The number of nitrogens with two attached hydrogens (primary N) is 1. The molecule has 5 rings (SSSR count). The number of carboxylic acid groups (broad SMARTS) is 1. The van der Waals surface area contributed by atoms with Crippen LogP contribution in [-0.4, -0.2) is 63.6 Å². The SMILES string of the molecule is C[C@@H](OC(C)(C)C)[C@H](N)C(=O)N[C@@H](Cc1c[nH]c2ccccc12)C(=O)N[C@@H](CCC(=O)NC(c1ccccc1)(c1ccccc1)c1ccccc1)C(=O)O. The number of hydrogen-bond donors (Lipinski definition) is 6. The van der Waals surface area contributed by atoms with Crippen LogP contribution in [0.4, 0.5) is 0 Å². The van der Waals surface area contributed by atoms with Gasteiger partial charge < -0.3 is 36.5 Å².